The fourth-order valence-corrected chi connectivity index (χ4v) is 1.86. The third-order valence-corrected chi connectivity index (χ3v) is 2.55. The van der Waals surface area contributed by atoms with Gasteiger partial charge in [-0.25, -0.2) is 9.59 Å². The molecule has 3 nitrogen and oxygen atoms in total. The topological polar surface area (TPSA) is 47.3 Å². The Morgan fingerprint density at radius 3 is 1.53 bits per heavy atom. The van der Waals surface area contributed by atoms with Crippen LogP contribution in [0.2, 0.25) is 0 Å². The van der Waals surface area contributed by atoms with Crippen LogP contribution in [-0.4, -0.2) is 0 Å². The lowest BCUT2D eigenvalue weighted by Crippen LogP contribution is -2.03. The molecule has 0 spiro atoms. The maximum Gasteiger partial charge on any atom is 0.346 e. The summed E-state index contributed by atoms with van der Waals surface area (Å²) >= 11 is 0. The van der Waals surface area contributed by atoms with Gasteiger partial charge < -0.3 is 4.42 Å². The normalized spacial score (nSPS) is 11.2. The summed E-state index contributed by atoms with van der Waals surface area (Å²) in [6.07, 6.45) is 0. The van der Waals surface area contributed by atoms with Crippen LogP contribution in [0.15, 0.2) is 50.4 Å². The van der Waals surface area contributed by atoms with Gasteiger partial charge in [0.05, 0.1) is 10.8 Å². The molecule has 0 amide bonds. The summed E-state index contributed by atoms with van der Waals surface area (Å²) in [5.74, 6) is 0. The van der Waals surface area contributed by atoms with E-state index in [4.69, 9.17) is 4.42 Å². The summed E-state index contributed by atoms with van der Waals surface area (Å²) < 4.78 is 4.70. The molecule has 0 unspecified atom stereocenters. The molecule has 0 saturated heterocycles. The molecule has 4 bridgehead atoms. The van der Waals surface area contributed by atoms with Crippen LogP contribution < -0.4 is 11.3 Å². The molecule has 3 aromatic rings. The molecule has 0 fully saturated rings. The summed E-state index contributed by atoms with van der Waals surface area (Å²) in [7, 11) is 0. The molecule has 2 aromatic carbocycles. The smallest absolute Gasteiger partial charge is 0.346 e. The van der Waals surface area contributed by atoms with Gasteiger partial charge in [-0.1, -0.05) is 24.3 Å². The zero-order valence-corrected chi connectivity index (χ0v) is 7.69. The number of hydrogen-bond donors (Lipinski definition) is 0. The van der Waals surface area contributed by atoms with E-state index < -0.39 is 11.3 Å². The van der Waals surface area contributed by atoms with Crippen molar-refractivity contribution >= 4 is 21.5 Å². The molecule has 0 atom stereocenters. The van der Waals surface area contributed by atoms with Gasteiger partial charge in [-0.05, 0) is 22.9 Å². The highest BCUT2D eigenvalue weighted by molar-refractivity contribution is 6.06. The van der Waals surface area contributed by atoms with Gasteiger partial charge in [0, 0.05) is 0 Å². The van der Waals surface area contributed by atoms with Crippen molar-refractivity contribution in [2.24, 2.45) is 0 Å². The average Bonchev–Trinajstić information content (AvgIpc) is 2.33. The summed E-state index contributed by atoms with van der Waals surface area (Å²) in [4.78, 5) is 23.1. The van der Waals surface area contributed by atoms with Crippen molar-refractivity contribution < 1.29 is 4.42 Å². The number of benzene rings is 2. The molecule has 0 saturated carbocycles. The molecule has 0 N–H and O–H groups in total. The fourth-order valence-electron chi connectivity index (χ4n) is 1.86. The quantitative estimate of drug-likeness (QED) is 0.552. The Bertz CT molecular complexity index is 691. The van der Waals surface area contributed by atoms with Crippen molar-refractivity contribution in [2.75, 3.05) is 0 Å². The van der Waals surface area contributed by atoms with Crippen molar-refractivity contribution in [1.82, 2.24) is 0 Å². The van der Waals surface area contributed by atoms with Crippen LogP contribution in [0, 0.1) is 0 Å². The van der Waals surface area contributed by atoms with E-state index in [2.05, 4.69) is 0 Å². The molecule has 0 aliphatic carbocycles. The molecule has 3 rings (SSSR count). The highest BCUT2D eigenvalue weighted by atomic mass is 16.4. The van der Waals surface area contributed by atoms with Gasteiger partial charge in [0.1, 0.15) is 0 Å². The van der Waals surface area contributed by atoms with Crippen LogP contribution in [0.5, 0.6) is 0 Å². The molecule has 0 aliphatic rings. The van der Waals surface area contributed by atoms with Crippen LogP contribution in [-0.2, 0) is 0 Å². The van der Waals surface area contributed by atoms with Gasteiger partial charge in [0.15, 0.2) is 0 Å². The van der Waals surface area contributed by atoms with E-state index in [0.29, 0.717) is 10.8 Å². The van der Waals surface area contributed by atoms with E-state index in [1.165, 1.54) is 0 Å². The molecule has 1 aromatic heterocycles. The molecular formula is C12H6O3. The lowest BCUT2D eigenvalue weighted by Gasteiger charge is -1.95. The van der Waals surface area contributed by atoms with E-state index in [-0.39, 0.29) is 0 Å². The van der Waals surface area contributed by atoms with Crippen molar-refractivity contribution in [1.29, 1.82) is 0 Å². The molecule has 72 valence electrons. The predicted molar refractivity (Wildman–Crippen MR) is 57.4 cm³/mol. The summed E-state index contributed by atoms with van der Waals surface area (Å²) in [5.41, 5.74) is -1.15. The minimum Gasteiger partial charge on any atom is -0.386 e. The zero-order valence-electron chi connectivity index (χ0n) is 7.69. The first-order valence-electron chi connectivity index (χ1n) is 4.55. The lowest BCUT2D eigenvalue weighted by atomic mass is 10.1. The molecule has 3 heteroatoms. The van der Waals surface area contributed by atoms with Gasteiger partial charge in [-0.2, -0.15) is 0 Å². The minimum atomic E-state index is -0.577. The van der Waals surface area contributed by atoms with E-state index >= 15 is 0 Å². The van der Waals surface area contributed by atoms with Crippen LogP contribution in [0.1, 0.15) is 0 Å². The predicted octanol–water partition coefficient (Wildman–Crippen LogP) is 1.74. The molecule has 1 heterocycles. The van der Waals surface area contributed by atoms with Crippen LogP contribution in [0.25, 0.3) is 21.5 Å². The summed E-state index contributed by atoms with van der Waals surface area (Å²) in [6, 6.07) is 10.4. The average molecular weight is 198 g/mol. The Hall–Kier alpha value is -2.16. The highest BCUT2D eigenvalue weighted by Gasteiger charge is 2.07. The van der Waals surface area contributed by atoms with E-state index in [9.17, 15) is 9.59 Å². The van der Waals surface area contributed by atoms with Crippen LogP contribution in [0.3, 0.4) is 0 Å². The standard InChI is InChI=1S/C12H6O3/c13-11-9-5-1-3-7-8(9)4-2-6-10(7)12(14)15-11/h1-6H. The highest BCUT2D eigenvalue weighted by Crippen LogP contribution is 2.20. The first kappa shape index (κ1) is 8.17. The lowest BCUT2D eigenvalue weighted by molar-refractivity contribution is 0.491. The van der Waals surface area contributed by atoms with Gasteiger partial charge in [0.25, 0.3) is 0 Å². The van der Waals surface area contributed by atoms with Crippen LogP contribution >= 0.6 is 0 Å². The largest absolute Gasteiger partial charge is 0.386 e. The Kier molecular flexibility index (Phi) is 1.45. The van der Waals surface area contributed by atoms with E-state index in [0.717, 1.165) is 10.8 Å². The first-order chi connectivity index (χ1) is 7.27. The van der Waals surface area contributed by atoms with Gasteiger partial charge >= 0.3 is 11.3 Å². The number of rotatable bonds is 0. The van der Waals surface area contributed by atoms with Gasteiger partial charge in [-0.3, -0.25) is 0 Å². The second-order valence-corrected chi connectivity index (χ2v) is 3.38. The fraction of sp³-hybridized carbons (Fsp3) is 0. The van der Waals surface area contributed by atoms with Crippen molar-refractivity contribution in [3.05, 3.63) is 57.2 Å². The minimum absolute atomic E-state index is 0.445. The van der Waals surface area contributed by atoms with Gasteiger partial charge in [0.2, 0.25) is 0 Å². The van der Waals surface area contributed by atoms with E-state index in [1.54, 1.807) is 24.3 Å². The second kappa shape index (κ2) is 2.67. The second-order valence-electron chi connectivity index (χ2n) is 3.38. The molecular weight excluding hydrogens is 192 g/mol. The monoisotopic (exact) mass is 198 g/mol. The summed E-state index contributed by atoms with van der Waals surface area (Å²) in [6.45, 7) is 0. The first-order valence-corrected chi connectivity index (χ1v) is 4.55. The maximum absolute atomic E-state index is 11.5. The SMILES string of the molecule is O=c1oc(=O)c2cccc3c1cccc23. The Morgan fingerprint density at radius 2 is 1.07 bits per heavy atom. The molecule has 0 radical (unpaired) electrons. The third kappa shape index (κ3) is 1.00. The summed E-state index contributed by atoms with van der Waals surface area (Å²) in [5, 5.41) is 2.43. The van der Waals surface area contributed by atoms with Crippen LogP contribution in [0.4, 0.5) is 0 Å². The van der Waals surface area contributed by atoms with Crippen molar-refractivity contribution in [3.63, 3.8) is 0 Å². The molecule has 0 aliphatic heterocycles. The third-order valence-electron chi connectivity index (χ3n) is 2.55. The Balaban J connectivity index is 2.94. The van der Waals surface area contributed by atoms with E-state index in [1.807, 2.05) is 12.1 Å². The van der Waals surface area contributed by atoms with Crippen molar-refractivity contribution in [2.45, 2.75) is 0 Å². The Labute approximate surface area is 83.9 Å². The Morgan fingerprint density at radius 1 is 0.667 bits per heavy atom. The van der Waals surface area contributed by atoms with Gasteiger partial charge in [-0.15, -0.1) is 0 Å². The number of hydrogen-bond acceptors (Lipinski definition) is 3. The zero-order chi connectivity index (χ0) is 10.4. The van der Waals surface area contributed by atoms with Crippen molar-refractivity contribution in [3.8, 4) is 0 Å². The maximum atomic E-state index is 11.5. The molecule has 15 heavy (non-hydrogen) atoms.